The number of aromatic nitrogens is 1. The largest absolute Gasteiger partial charge is 0.455 e. The summed E-state index contributed by atoms with van der Waals surface area (Å²) in [6.45, 7) is 0. The molecular weight excluding hydrogens is 717 g/mol. The van der Waals surface area contributed by atoms with Crippen molar-refractivity contribution in [1.29, 1.82) is 0 Å². The van der Waals surface area contributed by atoms with Crippen molar-refractivity contribution in [1.82, 2.24) is 4.57 Å². The first kappa shape index (κ1) is 26.1. The van der Waals surface area contributed by atoms with Gasteiger partial charge in [0, 0.05) is 49.6 Å². The minimum Gasteiger partial charge on any atom is -0.455 e. The lowest BCUT2D eigenvalue weighted by Crippen LogP contribution is -2.11. The monoisotopic (exact) mass is 760 g/mol. The van der Waals surface area contributed by atoms with Gasteiger partial charge >= 0.3 is 0 Å². The van der Waals surface area contributed by atoms with Gasteiger partial charge in [0.15, 0.2) is 0 Å². The number of nitrogens with zero attached hydrogens (tertiary/aromatic N) is 2. The highest BCUT2D eigenvalue weighted by molar-refractivity contribution is 6.15. The third-order valence-electron chi connectivity index (χ3n) is 11.3. The molecule has 0 fully saturated rings. The molecule has 0 saturated carbocycles. The second-order valence-corrected chi connectivity index (χ2v) is 14.6. The Hall–Kier alpha value is -7.88. The molecular formula is C56H36N2O. The van der Waals surface area contributed by atoms with Crippen LogP contribution < -0.4 is 4.90 Å². The van der Waals surface area contributed by atoms with Gasteiger partial charge in [-0.15, -0.1) is 0 Å². The summed E-state index contributed by atoms with van der Waals surface area (Å²) in [7, 11) is 0. The SMILES string of the molecule is [2H]c1c([2H])c(N(c2ccccc2-c2ccc3c(c2)oc2c4ccccc4ccc32)c2c([2H])c([2H])c(-n3c4ccccc4c4ccccc43)c([2H])c2[2H])c([2H])c([2H])c1-c1cccc2ccccc12. The van der Waals surface area contributed by atoms with Gasteiger partial charge in [0.1, 0.15) is 11.2 Å². The number of furan rings is 1. The molecule has 0 aliphatic carbocycles. The first-order valence-electron chi connectivity index (χ1n) is 23.5. The van der Waals surface area contributed by atoms with Crippen molar-refractivity contribution in [2.45, 2.75) is 0 Å². The van der Waals surface area contributed by atoms with Gasteiger partial charge in [-0.2, -0.15) is 0 Å². The molecule has 12 rings (SSSR count). The van der Waals surface area contributed by atoms with E-state index >= 15 is 0 Å². The van der Waals surface area contributed by atoms with Crippen LogP contribution in [-0.2, 0) is 0 Å². The lowest BCUT2D eigenvalue weighted by molar-refractivity contribution is 0.673. The van der Waals surface area contributed by atoms with Gasteiger partial charge in [0.05, 0.1) is 27.7 Å². The topological polar surface area (TPSA) is 21.3 Å². The number of hydrogen-bond acceptors (Lipinski definition) is 2. The molecule has 12 aromatic rings. The average molecular weight is 761 g/mol. The van der Waals surface area contributed by atoms with Gasteiger partial charge in [-0.3, -0.25) is 0 Å². The van der Waals surface area contributed by atoms with Crippen LogP contribution in [0.3, 0.4) is 0 Å². The summed E-state index contributed by atoms with van der Waals surface area (Å²) in [6, 6.07) is 50.6. The molecule has 0 radical (unpaired) electrons. The quantitative estimate of drug-likeness (QED) is 0.168. The molecule has 0 N–H and O–H groups in total. The average Bonchev–Trinajstić information content (AvgIpc) is 3.91. The highest BCUT2D eigenvalue weighted by atomic mass is 16.3. The lowest BCUT2D eigenvalue weighted by atomic mass is 9.97. The maximum Gasteiger partial charge on any atom is 0.143 e. The van der Waals surface area contributed by atoms with Crippen molar-refractivity contribution < 1.29 is 15.4 Å². The summed E-state index contributed by atoms with van der Waals surface area (Å²) < 4.78 is 86.3. The van der Waals surface area contributed by atoms with Crippen LogP contribution in [0.1, 0.15) is 11.0 Å². The number of benzene rings is 10. The van der Waals surface area contributed by atoms with Crippen molar-refractivity contribution in [2.75, 3.05) is 4.90 Å². The van der Waals surface area contributed by atoms with Crippen LogP contribution >= 0.6 is 0 Å². The van der Waals surface area contributed by atoms with Crippen molar-refractivity contribution in [3.63, 3.8) is 0 Å². The van der Waals surface area contributed by atoms with Crippen molar-refractivity contribution in [3.05, 3.63) is 218 Å². The molecule has 3 heteroatoms. The predicted molar refractivity (Wildman–Crippen MR) is 249 cm³/mol. The van der Waals surface area contributed by atoms with Crippen LogP contribution in [0.4, 0.5) is 17.1 Å². The minimum absolute atomic E-state index is 0.0399. The molecule has 0 bridgehead atoms. The Morgan fingerprint density at radius 2 is 0.966 bits per heavy atom. The van der Waals surface area contributed by atoms with Gasteiger partial charge in [-0.25, -0.2) is 0 Å². The van der Waals surface area contributed by atoms with E-state index in [-0.39, 0.29) is 46.8 Å². The predicted octanol–water partition coefficient (Wildman–Crippen LogP) is 15.8. The van der Waals surface area contributed by atoms with Gasteiger partial charge in [-0.05, 0) is 106 Å². The van der Waals surface area contributed by atoms with E-state index in [4.69, 9.17) is 4.42 Å². The molecule has 59 heavy (non-hydrogen) atoms. The molecule has 0 unspecified atom stereocenters. The molecule has 2 aromatic heterocycles. The van der Waals surface area contributed by atoms with Crippen molar-refractivity contribution in [2.24, 2.45) is 0 Å². The number of para-hydroxylation sites is 3. The van der Waals surface area contributed by atoms with Crippen LogP contribution in [-0.4, -0.2) is 4.57 Å². The van der Waals surface area contributed by atoms with Crippen LogP contribution in [0.25, 0.3) is 93.2 Å². The van der Waals surface area contributed by atoms with Gasteiger partial charge in [-0.1, -0.05) is 146 Å². The molecule has 276 valence electrons. The molecule has 0 spiro atoms. The molecule has 0 aliphatic heterocycles. The van der Waals surface area contributed by atoms with Crippen molar-refractivity contribution >= 4 is 82.4 Å². The minimum atomic E-state index is -0.428. The van der Waals surface area contributed by atoms with Crippen LogP contribution in [0.2, 0.25) is 0 Å². The molecule has 2 heterocycles. The number of anilines is 3. The molecule has 0 atom stereocenters. The highest BCUT2D eigenvalue weighted by Crippen LogP contribution is 2.44. The Labute approximate surface area is 352 Å². The lowest BCUT2D eigenvalue weighted by Gasteiger charge is -2.28. The van der Waals surface area contributed by atoms with E-state index in [0.29, 0.717) is 39.0 Å². The zero-order valence-corrected chi connectivity index (χ0v) is 31.5. The standard InChI is InChI=1S/C56H36N2O/c1-3-15-44-37(12-1)14-11-20-45(44)39-24-28-41(29-25-39)57(42-30-32-43(33-31-42)58-53-22-9-6-18-48(53)49-19-7-10-23-54(49)58)52-21-8-5-16-46(52)40-27-34-50-51-35-26-38-13-2-4-17-47(38)56(51)59-55(50)36-40/h1-36H/i24D,25D,28D,29D,30D,31D,32D,33D. The molecule has 0 saturated heterocycles. The molecule has 0 aliphatic rings. The maximum absolute atomic E-state index is 9.87. The first-order chi connectivity index (χ1) is 32.6. The smallest absolute Gasteiger partial charge is 0.143 e. The van der Waals surface area contributed by atoms with E-state index < -0.39 is 24.2 Å². The van der Waals surface area contributed by atoms with Crippen LogP contribution in [0.15, 0.2) is 223 Å². The summed E-state index contributed by atoms with van der Waals surface area (Å²) in [4.78, 5) is 1.38. The summed E-state index contributed by atoms with van der Waals surface area (Å²) >= 11 is 0. The van der Waals surface area contributed by atoms with E-state index in [1.165, 1.54) is 4.90 Å². The van der Waals surface area contributed by atoms with E-state index in [1.807, 2.05) is 140 Å². The molecule has 0 amide bonds. The fraction of sp³-hybridized carbons (Fsp3) is 0. The van der Waals surface area contributed by atoms with Gasteiger partial charge < -0.3 is 13.9 Å². The third-order valence-corrected chi connectivity index (χ3v) is 11.3. The maximum atomic E-state index is 9.87. The zero-order valence-electron chi connectivity index (χ0n) is 39.5. The summed E-state index contributed by atoms with van der Waals surface area (Å²) in [6.07, 6.45) is 0. The second kappa shape index (κ2) is 13.4. The molecule has 3 nitrogen and oxygen atoms in total. The Balaban J connectivity index is 1.14. The Morgan fingerprint density at radius 1 is 0.407 bits per heavy atom. The number of hydrogen-bond donors (Lipinski definition) is 0. The van der Waals surface area contributed by atoms with E-state index in [0.717, 1.165) is 48.7 Å². The Morgan fingerprint density at radius 3 is 1.71 bits per heavy atom. The van der Waals surface area contributed by atoms with Gasteiger partial charge in [0.25, 0.3) is 0 Å². The Bertz CT molecular complexity index is 3950. The van der Waals surface area contributed by atoms with Crippen LogP contribution in [0.5, 0.6) is 0 Å². The third kappa shape index (κ3) is 5.36. The summed E-state index contributed by atoms with van der Waals surface area (Å²) in [5, 5.41) is 7.30. The first-order valence-corrected chi connectivity index (χ1v) is 19.5. The fourth-order valence-corrected chi connectivity index (χ4v) is 8.62. The van der Waals surface area contributed by atoms with Gasteiger partial charge in [0.2, 0.25) is 0 Å². The second-order valence-electron chi connectivity index (χ2n) is 14.6. The highest BCUT2D eigenvalue weighted by Gasteiger charge is 2.20. The summed E-state index contributed by atoms with van der Waals surface area (Å²) in [5.74, 6) is 0. The number of rotatable bonds is 6. The molecule has 10 aromatic carbocycles. The fourth-order valence-electron chi connectivity index (χ4n) is 8.62. The van der Waals surface area contributed by atoms with Crippen LogP contribution in [0, 0.1) is 0 Å². The van der Waals surface area contributed by atoms with E-state index in [2.05, 4.69) is 12.1 Å². The summed E-state index contributed by atoms with van der Waals surface area (Å²) in [5.41, 5.74) is 4.54. The van der Waals surface area contributed by atoms with E-state index in [1.54, 1.807) is 22.8 Å². The van der Waals surface area contributed by atoms with Crippen molar-refractivity contribution in [3.8, 4) is 27.9 Å². The zero-order chi connectivity index (χ0) is 45.8. The van der Waals surface area contributed by atoms with E-state index in [9.17, 15) is 11.0 Å². The Kier molecular flexibility index (Phi) is 5.92. The normalized spacial score (nSPS) is 13.6. The number of fused-ring (bicyclic) bond motifs is 9.